The Kier molecular flexibility index (Phi) is 6.47. The van der Waals surface area contributed by atoms with Gasteiger partial charge in [0.1, 0.15) is 5.75 Å². The standard InChI is InChI=1S/C23H25N3O5/c27-21-10-7-15-12-16(8-9-19(15)25-21)31-14-22(28)26-20-6-2-1-5-18(20)23(29)24-13-17-4-3-11-30-17/h1-2,5-6,8-9,12,17H,3-4,7,10-11,13-14H2,(H,24,29)(H,25,27)(H,26,28)/t17-/m0/s1. The van der Waals surface area contributed by atoms with E-state index in [1.54, 1.807) is 36.4 Å². The van der Waals surface area contributed by atoms with Gasteiger partial charge in [0.2, 0.25) is 5.91 Å². The van der Waals surface area contributed by atoms with Crippen LogP contribution < -0.4 is 20.7 Å². The van der Waals surface area contributed by atoms with E-state index in [0.29, 0.717) is 36.4 Å². The molecule has 0 aliphatic carbocycles. The minimum absolute atomic E-state index is 0.000911. The normalized spacial score (nSPS) is 17.4. The average molecular weight is 423 g/mol. The summed E-state index contributed by atoms with van der Waals surface area (Å²) in [6.07, 6.45) is 3.06. The van der Waals surface area contributed by atoms with Gasteiger partial charge in [0.05, 0.1) is 17.4 Å². The molecule has 2 aliphatic rings. The molecule has 8 nitrogen and oxygen atoms in total. The lowest BCUT2D eigenvalue weighted by Gasteiger charge is -2.17. The van der Waals surface area contributed by atoms with Crippen LogP contribution in [0, 0.1) is 0 Å². The maximum Gasteiger partial charge on any atom is 0.262 e. The van der Waals surface area contributed by atoms with E-state index >= 15 is 0 Å². The molecule has 3 N–H and O–H groups in total. The van der Waals surface area contributed by atoms with Crippen molar-refractivity contribution in [3.8, 4) is 5.75 Å². The predicted molar refractivity (Wildman–Crippen MR) is 115 cm³/mol. The summed E-state index contributed by atoms with van der Waals surface area (Å²) in [5, 5.41) is 8.42. The van der Waals surface area contributed by atoms with Crippen molar-refractivity contribution in [1.82, 2.24) is 5.32 Å². The fourth-order valence-corrected chi connectivity index (χ4v) is 3.68. The van der Waals surface area contributed by atoms with Gasteiger partial charge in [0.15, 0.2) is 6.61 Å². The summed E-state index contributed by atoms with van der Waals surface area (Å²) in [5.41, 5.74) is 2.56. The molecule has 31 heavy (non-hydrogen) atoms. The number of ether oxygens (including phenoxy) is 2. The SMILES string of the molecule is O=C1CCc2cc(OCC(=O)Nc3ccccc3C(=O)NC[C@@H]3CCCO3)ccc2N1. The van der Waals surface area contributed by atoms with Crippen molar-refractivity contribution in [3.63, 3.8) is 0 Å². The van der Waals surface area contributed by atoms with Crippen molar-refractivity contribution in [2.24, 2.45) is 0 Å². The molecule has 0 spiro atoms. The molecule has 0 radical (unpaired) electrons. The van der Waals surface area contributed by atoms with Gasteiger partial charge in [0.25, 0.3) is 11.8 Å². The molecule has 162 valence electrons. The van der Waals surface area contributed by atoms with Gasteiger partial charge >= 0.3 is 0 Å². The van der Waals surface area contributed by atoms with Gasteiger partial charge in [-0.1, -0.05) is 12.1 Å². The van der Waals surface area contributed by atoms with E-state index < -0.39 is 0 Å². The lowest BCUT2D eigenvalue weighted by Crippen LogP contribution is -2.32. The fourth-order valence-electron chi connectivity index (χ4n) is 3.68. The number of benzene rings is 2. The van der Waals surface area contributed by atoms with Crippen molar-refractivity contribution < 1.29 is 23.9 Å². The van der Waals surface area contributed by atoms with Crippen LogP contribution in [0.25, 0.3) is 0 Å². The molecule has 2 aromatic rings. The molecule has 4 rings (SSSR count). The van der Waals surface area contributed by atoms with Crippen molar-refractivity contribution >= 4 is 29.1 Å². The third-order valence-corrected chi connectivity index (χ3v) is 5.30. The highest BCUT2D eigenvalue weighted by molar-refractivity contribution is 6.04. The van der Waals surface area contributed by atoms with E-state index in [0.717, 1.165) is 30.7 Å². The Morgan fingerprint density at radius 1 is 1.16 bits per heavy atom. The van der Waals surface area contributed by atoms with Gasteiger partial charge < -0.3 is 25.4 Å². The van der Waals surface area contributed by atoms with Gasteiger partial charge in [-0.3, -0.25) is 14.4 Å². The molecule has 1 saturated heterocycles. The van der Waals surface area contributed by atoms with Crippen LogP contribution in [0.5, 0.6) is 5.75 Å². The Hall–Kier alpha value is -3.39. The highest BCUT2D eigenvalue weighted by atomic mass is 16.5. The smallest absolute Gasteiger partial charge is 0.262 e. The predicted octanol–water partition coefficient (Wildman–Crippen LogP) is 2.50. The van der Waals surface area contributed by atoms with Gasteiger partial charge in [-0.05, 0) is 55.2 Å². The summed E-state index contributed by atoms with van der Waals surface area (Å²) in [7, 11) is 0. The second-order valence-electron chi connectivity index (χ2n) is 7.59. The van der Waals surface area contributed by atoms with Gasteiger partial charge in [-0.25, -0.2) is 0 Å². The number of carbonyl (C=O) groups is 3. The molecular formula is C23H25N3O5. The summed E-state index contributed by atoms with van der Waals surface area (Å²) in [6, 6.07) is 12.2. The van der Waals surface area contributed by atoms with Crippen LogP contribution in [-0.2, 0) is 20.7 Å². The van der Waals surface area contributed by atoms with Crippen LogP contribution in [-0.4, -0.2) is 43.6 Å². The third-order valence-electron chi connectivity index (χ3n) is 5.30. The number of nitrogens with one attached hydrogen (secondary N) is 3. The maximum atomic E-state index is 12.6. The van der Waals surface area contributed by atoms with Gasteiger partial charge in [-0.15, -0.1) is 0 Å². The Morgan fingerprint density at radius 3 is 2.87 bits per heavy atom. The lowest BCUT2D eigenvalue weighted by atomic mass is 10.0. The fraction of sp³-hybridized carbons (Fsp3) is 0.348. The number of para-hydroxylation sites is 1. The molecule has 0 saturated carbocycles. The number of amides is 3. The molecule has 1 fully saturated rings. The first-order valence-electron chi connectivity index (χ1n) is 10.4. The van der Waals surface area contributed by atoms with E-state index in [4.69, 9.17) is 9.47 Å². The first kappa shape index (κ1) is 20.9. The zero-order valence-corrected chi connectivity index (χ0v) is 17.1. The first-order chi connectivity index (χ1) is 15.1. The number of hydrogen-bond donors (Lipinski definition) is 3. The Labute approximate surface area is 180 Å². The molecule has 2 aromatic carbocycles. The van der Waals surface area contributed by atoms with E-state index in [-0.39, 0.29) is 30.4 Å². The lowest BCUT2D eigenvalue weighted by molar-refractivity contribution is -0.118. The Bertz CT molecular complexity index is 985. The Morgan fingerprint density at radius 2 is 2.03 bits per heavy atom. The van der Waals surface area contributed by atoms with E-state index in [2.05, 4.69) is 16.0 Å². The summed E-state index contributed by atoms with van der Waals surface area (Å²) in [6.45, 7) is 0.978. The first-order valence-corrected chi connectivity index (χ1v) is 10.4. The zero-order chi connectivity index (χ0) is 21.6. The number of rotatable bonds is 7. The molecule has 0 bridgehead atoms. The van der Waals surface area contributed by atoms with E-state index in [1.807, 2.05) is 6.07 Å². The molecule has 3 amide bonds. The quantitative estimate of drug-likeness (QED) is 0.635. The largest absolute Gasteiger partial charge is 0.484 e. The van der Waals surface area contributed by atoms with E-state index in [9.17, 15) is 14.4 Å². The van der Waals surface area contributed by atoms with Gasteiger partial charge in [0, 0.05) is 25.3 Å². The summed E-state index contributed by atoms with van der Waals surface area (Å²) in [5.74, 6) is -0.0823. The summed E-state index contributed by atoms with van der Waals surface area (Å²) >= 11 is 0. The third kappa shape index (κ3) is 5.40. The molecule has 0 aromatic heterocycles. The van der Waals surface area contributed by atoms with Crippen LogP contribution in [0.1, 0.15) is 35.2 Å². The number of hydrogen-bond acceptors (Lipinski definition) is 5. The molecule has 8 heteroatoms. The van der Waals surface area contributed by atoms with Crippen molar-refractivity contribution in [3.05, 3.63) is 53.6 Å². The minimum atomic E-state index is -0.370. The number of anilines is 2. The van der Waals surface area contributed by atoms with Crippen molar-refractivity contribution in [2.45, 2.75) is 31.8 Å². The molecule has 2 aliphatic heterocycles. The van der Waals surface area contributed by atoms with Crippen LogP contribution in [0.4, 0.5) is 11.4 Å². The second kappa shape index (κ2) is 9.61. The highest BCUT2D eigenvalue weighted by Gasteiger charge is 2.19. The van der Waals surface area contributed by atoms with Crippen LogP contribution in [0.2, 0.25) is 0 Å². The van der Waals surface area contributed by atoms with E-state index in [1.165, 1.54) is 0 Å². The number of fused-ring (bicyclic) bond motifs is 1. The summed E-state index contributed by atoms with van der Waals surface area (Å²) < 4.78 is 11.1. The van der Waals surface area contributed by atoms with Gasteiger partial charge in [-0.2, -0.15) is 0 Å². The molecule has 1 atom stereocenters. The Balaban J connectivity index is 1.32. The average Bonchev–Trinajstić information content (AvgIpc) is 3.30. The van der Waals surface area contributed by atoms with Crippen LogP contribution >= 0.6 is 0 Å². The monoisotopic (exact) mass is 423 g/mol. The summed E-state index contributed by atoms with van der Waals surface area (Å²) in [4.78, 5) is 36.4. The maximum absolute atomic E-state index is 12.6. The second-order valence-corrected chi connectivity index (χ2v) is 7.59. The highest BCUT2D eigenvalue weighted by Crippen LogP contribution is 2.26. The van der Waals surface area contributed by atoms with Crippen molar-refractivity contribution in [1.29, 1.82) is 0 Å². The number of carbonyl (C=O) groups excluding carboxylic acids is 3. The molecular weight excluding hydrogens is 398 g/mol. The number of aryl methyl sites for hydroxylation is 1. The van der Waals surface area contributed by atoms with Crippen molar-refractivity contribution in [2.75, 3.05) is 30.4 Å². The molecule has 2 heterocycles. The molecule has 0 unspecified atom stereocenters. The topological polar surface area (TPSA) is 106 Å². The minimum Gasteiger partial charge on any atom is -0.484 e. The van der Waals surface area contributed by atoms with Crippen LogP contribution in [0.3, 0.4) is 0 Å². The zero-order valence-electron chi connectivity index (χ0n) is 17.1. The van der Waals surface area contributed by atoms with Crippen LogP contribution in [0.15, 0.2) is 42.5 Å².